The normalized spacial score (nSPS) is 11.0. The average molecular weight is 283 g/mol. The monoisotopic (exact) mass is 283 g/mol. The zero-order chi connectivity index (χ0) is 15.7. The summed E-state index contributed by atoms with van der Waals surface area (Å²) in [7, 11) is 0. The highest BCUT2D eigenvalue weighted by Gasteiger charge is 2.10. The van der Waals surface area contributed by atoms with Crippen LogP contribution >= 0.6 is 0 Å². The highest BCUT2D eigenvalue weighted by molar-refractivity contribution is 5.73. The second kappa shape index (κ2) is 8.72. The van der Waals surface area contributed by atoms with Crippen LogP contribution in [-0.4, -0.2) is 17.1 Å². The Morgan fingerprint density at radius 1 is 1.10 bits per heavy atom. The Hall–Kier alpha value is -2.39. The molecule has 2 aromatic carbocycles. The van der Waals surface area contributed by atoms with Crippen molar-refractivity contribution in [2.24, 2.45) is 5.73 Å². The molecule has 0 aliphatic heterocycles. The van der Waals surface area contributed by atoms with Gasteiger partial charge in [0.05, 0.1) is 0 Å². The van der Waals surface area contributed by atoms with Gasteiger partial charge in [-0.25, -0.2) is 0 Å². The lowest BCUT2D eigenvalue weighted by Crippen LogP contribution is -2.32. The maximum Gasteiger partial charge on any atom is 0.320 e. The summed E-state index contributed by atoms with van der Waals surface area (Å²) in [5.74, 6) is -0.959. The summed E-state index contributed by atoms with van der Waals surface area (Å²) in [5.41, 5.74) is 8.64. The van der Waals surface area contributed by atoms with Gasteiger partial charge >= 0.3 is 5.97 Å². The van der Waals surface area contributed by atoms with Gasteiger partial charge in [0.1, 0.15) is 6.04 Å². The minimum absolute atomic E-state index is 0.385. The van der Waals surface area contributed by atoms with Crippen LogP contribution in [0.4, 0.5) is 0 Å². The van der Waals surface area contributed by atoms with Gasteiger partial charge < -0.3 is 10.8 Å². The van der Waals surface area contributed by atoms with Crippen molar-refractivity contribution in [3.05, 3.63) is 78.4 Å². The van der Waals surface area contributed by atoms with Gasteiger partial charge in [0, 0.05) is 0 Å². The molecule has 1 atom stereocenters. The first-order valence-electron chi connectivity index (χ1n) is 6.74. The number of nitrogens with two attached hydrogens (primary N) is 1. The summed E-state index contributed by atoms with van der Waals surface area (Å²) in [4.78, 5) is 10.4. The zero-order valence-electron chi connectivity index (χ0n) is 12.2. The van der Waals surface area contributed by atoms with E-state index in [0.717, 1.165) is 11.1 Å². The van der Waals surface area contributed by atoms with E-state index >= 15 is 0 Å². The molecule has 0 aliphatic carbocycles. The molecule has 2 rings (SSSR count). The summed E-state index contributed by atoms with van der Waals surface area (Å²) < 4.78 is 0. The van der Waals surface area contributed by atoms with Crippen LogP contribution in [0.15, 0.2) is 67.2 Å². The van der Waals surface area contributed by atoms with Crippen LogP contribution in [0.2, 0.25) is 0 Å². The van der Waals surface area contributed by atoms with E-state index in [4.69, 9.17) is 10.8 Å². The third-order valence-corrected chi connectivity index (χ3v) is 2.88. The van der Waals surface area contributed by atoms with Crippen molar-refractivity contribution in [1.29, 1.82) is 0 Å². The number of carboxylic acid groups (broad SMARTS) is 1. The van der Waals surface area contributed by atoms with Crippen molar-refractivity contribution < 1.29 is 9.90 Å². The Balaban J connectivity index is 0.000000219. The molecule has 0 radical (unpaired) electrons. The highest BCUT2D eigenvalue weighted by Crippen LogP contribution is 2.08. The highest BCUT2D eigenvalue weighted by atomic mass is 16.4. The van der Waals surface area contributed by atoms with E-state index in [0.29, 0.717) is 6.42 Å². The summed E-state index contributed by atoms with van der Waals surface area (Å²) in [6.07, 6.45) is 0.385. The standard InChI is InChI=1S/C9H11NO2.C9H10/c10-8(9(11)12)6-7-4-2-1-3-5-7;1-8(2)9-6-4-3-5-7-9/h1-5,8H,6,10H2,(H,11,12);3-7H,1H2,2H3/t8-;/m0./s1. The summed E-state index contributed by atoms with van der Waals surface area (Å²) in [5, 5.41) is 8.52. The van der Waals surface area contributed by atoms with E-state index in [9.17, 15) is 4.79 Å². The van der Waals surface area contributed by atoms with Gasteiger partial charge in [-0.2, -0.15) is 0 Å². The topological polar surface area (TPSA) is 63.3 Å². The molecule has 0 amide bonds. The van der Waals surface area contributed by atoms with Crippen molar-refractivity contribution in [2.75, 3.05) is 0 Å². The molecule has 21 heavy (non-hydrogen) atoms. The van der Waals surface area contributed by atoms with Gasteiger partial charge in [0.15, 0.2) is 0 Å². The maximum atomic E-state index is 10.4. The van der Waals surface area contributed by atoms with Crippen molar-refractivity contribution in [1.82, 2.24) is 0 Å². The second-order valence-corrected chi connectivity index (χ2v) is 4.78. The van der Waals surface area contributed by atoms with Crippen molar-refractivity contribution in [2.45, 2.75) is 19.4 Å². The number of benzene rings is 2. The average Bonchev–Trinajstić information content (AvgIpc) is 2.49. The first kappa shape index (κ1) is 16.7. The van der Waals surface area contributed by atoms with Crippen molar-refractivity contribution in [3.63, 3.8) is 0 Å². The maximum absolute atomic E-state index is 10.4. The lowest BCUT2D eigenvalue weighted by molar-refractivity contribution is -0.138. The van der Waals surface area contributed by atoms with E-state index in [1.165, 1.54) is 5.56 Å². The number of carboxylic acids is 1. The number of allylic oxidation sites excluding steroid dienone is 1. The molecule has 0 saturated carbocycles. The molecule has 0 heterocycles. The molecule has 0 aromatic heterocycles. The predicted octanol–water partition coefficient (Wildman–Crippen LogP) is 3.36. The predicted molar refractivity (Wildman–Crippen MR) is 86.9 cm³/mol. The molecular formula is C18H21NO2. The number of rotatable bonds is 4. The van der Waals surface area contributed by atoms with Crippen LogP contribution in [0.3, 0.4) is 0 Å². The second-order valence-electron chi connectivity index (χ2n) is 4.78. The summed E-state index contributed by atoms with van der Waals surface area (Å²) in [6.45, 7) is 5.83. The minimum Gasteiger partial charge on any atom is -0.480 e. The van der Waals surface area contributed by atoms with Crippen LogP contribution in [0.5, 0.6) is 0 Å². The van der Waals surface area contributed by atoms with E-state index in [1.807, 2.05) is 55.5 Å². The fourth-order valence-corrected chi connectivity index (χ4v) is 1.68. The molecule has 2 aromatic rings. The van der Waals surface area contributed by atoms with Crippen molar-refractivity contribution in [3.8, 4) is 0 Å². The van der Waals surface area contributed by atoms with Gasteiger partial charge in [0.2, 0.25) is 0 Å². The molecule has 0 unspecified atom stereocenters. The molecule has 3 heteroatoms. The Labute approximate surface area is 125 Å². The zero-order valence-corrected chi connectivity index (χ0v) is 12.2. The minimum atomic E-state index is -0.959. The van der Waals surface area contributed by atoms with Crippen LogP contribution in [-0.2, 0) is 11.2 Å². The van der Waals surface area contributed by atoms with E-state index < -0.39 is 12.0 Å². The molecule has 0 saturated heterocycles. The Bertz CT molecular complexity index is 564. The van der Waals surface area contributed by atoms with Gasteiger partial charge in [-0.1, -0.05) is 72.8 Å². The Morgan fingerprint density at radius 3 is 1.95 bits per heavy atom. The smallest absolute Gasteiger partial charge is 0.320 e. The number of hydrogen-bond donors (Lipinski definition) is 2. The fourth-order valence-electron chi connectivity index (χ4n) is 1.68. The third-order valence-electron chi connectivity index (χ3n) is 2.88. The van der Waals surface area contributed by atoms with Crippen molar-refractivity contribution >= 4 is 11.5 Å². The molecule has 0 aliphatic rings. The van der Waals surface area contributed by atoms with E-state index in [1.54, 1.807) is 0 Å². The Morgan fingerprint density at radius 2 is 1.57 bits per heavy atom. The Kier molecular flexibility index (Phi) is 6.92. The lowest BCUT2D eigenvalue weighted by Gasteiger charge is -2.04. The molecule has 0 bridgehead atoms. The quantitative estimate of drug-likeness (QED) is 0.904. The number of aliphatic carboxylic acids is 1. The first-order valence-corrected chi connectivity index (χ1v) is 6.74. The molecular weight excluding hydrogens is 262 g/mol. The van der Waals surface area contributed by atoms with Crippen LogP contribution in [0.1, 0.15) is 18.1 Å². The van der Waals surface area contributed by atoms with Gasteiger partial charge in [0.25, 0.3) is 0 Å². The molecule has 0 fully saturated rings. The first-order chi connectivity index (χ1) is 10.0. The van der Waals surface area contributed by atoms with E-state index in [2.05, 4.69) is 18.7 Å². The molecule has 0 spiro atoms. The van der Waals surface area contributed by atoms with Gasteiger partial charge in [-0.15, -0.1) is 0 Å². The largest absolute Gasteiger partial charge is 0.480 e. The SMILES string of the molecule is C=C(C)c1ccccc1.N[C@@H](Cc1ccccc1)C(=O)O. The molecule has 110 valence electrons. The molecule has 3 N–H and O–H groups in total. The lowest BCUT2D eigenvalue weighted by atomic mass is 10.1. The van der Waals surface area contributed by atoms with Gasteiger partial charge in [-0.3, -0.25) is 4.79 Å². The fraction of sp³-hybridized carbons (Fsp3) is 0.167. The number of hydrogen-bond acceptors (Lipinski definition) is 2. The van der Waals surface area contributed by atoms with Crippen LogP contribution < -0.4 is 5.73 Å². The molecule has 3 nitrogen and oxygen atoms in total. The summed E-state index contributed by atoms with van der Waals surface area (Å²) in [6, 6.07) is 18.7. The van der Waals surface area contributed by atoms with E-state index in [-0.39, 0.29) is 0 Å². The summed E-state index contributed by atoms with van der Waals surface area (Å²) >= 11 is 0. The van der Waals surface area contributed by atoms with Crippen LogP contribution in [0.25, 0.3) is 5.57 Å². The van der Waals surface area contributed by atoms with Gasteiger partial charge in [-0.05, 0) is 24.5 Å². The number of carbonyl (C=O) groups is 1. The third kappa shape index (κ3) is 6.54. The van der Waals surface area contributed by atoms with Crippen LogP contribution in [0, 0.1) is 0 Å².